The van der Waals surface area contributed by atoms with Gasteiger partial charge in [0.2, 0.25) is 11.8 Å². The summed E-state index contributed by atoms with van der Waals surface area (Å²) in [5, 5.41) is 2.86. The Morgan fingerprint density at radius 3 is 2.63 bits per heavy atom. The van der Waals surface area contributed by atoms with E-state index in [-0.39, 0.29) is 24.0 Å². The largest absolute Gasteiger partial charge is 0.378 e. The van der Waals surface area contributed by atoms with Gasteiger partial charge in [-0.25, -0.2) is 0 Å². The van der Waals surface area contributed by atoms with Crippen molar-refractivity contribution in [1.29, 1.82) is 0 Å². The van der Waals surface area contributed by atoms with Gasteiger partial charge in [-0.2, -0.15) is 0 Å². The Balaban J connectivity index is 2.04. The number of hydrogen-bond acceptors (Lipinski definition) is 3. The Hall–Kier alpha value is -1.10. The summed E-state index contributed by atoms with van der Waals surface area (Å²) in [6.45, 7) is 7.00. The predicted molar refractivity (Wildman–Crippen MR) is 71.6 cm³/mol. The van der Waals surface area contributed by atoms with Crippen molar-refractivity contribution in [2.24, 2.45) is 0 Å². The zero-order valence-corrected chi connectivity index (χ0v) is 12.1. The molecule has 0 aromatic carbocycles. The molecule has 1 saturated carbocycles. The van der Waals surface area contributed by atoms with Crippen LogP contribution < -0.4 is 5.32 Å². The van der Waals surface area contributed by atoms with Crippen LogP contribution in [0.4, 0.5) is 0 Å². The van der Waals surface area contributed by atoms with Crippen LogP contribution in [0.5, 0.6) is 0 Å². The van der Waals surface area contributed by atoms with Crippen molar-refractivity contribution >= 4 is 11.8 Å². The molecule has 2 aliphatic rings. The van der Waals surface area contributed by atoms with Crippen LogP contribution in [-0.2, 0) is 14.3 Å². The molecule has 1 N–H and O–H groups in total. The SMILES string of the molecule is CCOC1CC(N2CCC(=O)NC(C)(CC)C2=O)C1. The van der Waals surface area contributed by atoms with Gasteiger partial charge in [0.05, 0.1) is 6.10 Å². The van der Waals surface area contributed by atoms with Crippen LogP contribution in [-0.4, -0.2) is 47.6 Å². The number of ether oxygens (including phenoxy) is 1. The Kier molecular flexibility index (Phi) is 4.13. The van der Waals surface area contributed by atoms with Crippen LogP contribution in [0, 0.1) is 0 Å². The molecule has 0 radical (unpaired) electrons. The molecule has 108 valence electrons. The first kappa shape index (κ1) is 14.3. The van der Waals surface area contributed by atoms with Gasteiger partial charge < -0.3 is 15.0 Å². The van der Waals surface area contributed by atoms with Crippen molar-refractivity contribution in [3.8, 4) is 0 Å². The molecule has 5 heteroatoms. The van der Waals surface area contributed by atoms with Gasteiger partial charge in [0, 0.05) is 25.6 Å². The summed E-state index contributed by atoms with van der Waals surface area (Å²) in [6, 6.07) is 0.239. The van der Waals surface area contributed by atoms with Gasteiger partial charge in [0.25, 0.3) is 0 Å². The Bertz CT molecular complexity index is 366. The average Bonchev–Trinajstić information content (AvgIpc) is 2.44. The lowest BCUT2D eigenvalue weighted by molar-refractivity contribution is -0.145. The van der Waals surface area contributed by atoms with Crippen LogP contribution in [0.3, 0.4) is 0 Å². The summed E-state index contributed by atoms with van der Waals surface area (Å²) in [7, 11) is 0. The molecule has 1 unspecified atom stereocenters. The summed E-state index contributed by atoms with van der Waals surface area (Å²) in [4.78, 5) is 26.2. The molecule has 2 amide bonds. The van der Waals surface area contributed by atoms with Gasteiger partial charge in [0.15, 0.2) is 0 Å². The number of nitrogens with zero attached hydrogens (tertiary/aromatic N) is 1. The summed E-state index contributed by atoms with van der Waals surface area (Å²) in [5.74, 6) is 0.0293. The number of hydrogen-bond donors (Lipinski definition) is 1. The molecule has 19 heavy (non-hydrogen) atoms. The zero-order chi connectivity index (χ0) is 14.0. The van der Waals surface area contributed by atoms with E-state index in [2.05, 4.69) is 5.32 Å². The monoisotopic (exact) mass is 268 g/mol. The Morgan fingerprint density at radius 2 is 2.05 bits per heavy atom. The molecule has 0 bridgehead atoms. The quantitative estimate of drug-likeness (QED) is 0.829. The van der Waals surface area contributed by atoms with Crippen molar-refractivity contribution in [1.82, 2.24) is 10.2 Å². The number of carbonyl (C=O) groups is 2. The molecule has 1 saturated heterocycles. The number of carbonyl (C=O) groups excluding carboxylic acids is 2. The molecule has 1 heterocycles. The Morgan fingerprint density at radius 1 is 1.37 bits per heavy atom. The number of nitrogens with one attached hydrogen (secondary N) is 1. The van der Waals surface area contributed by atoms with Crippen LogP contribution in [0.1, 0.15) is 46.5 Å². The minimum absolute atomic E-state index is 0.0270. The lowest BCUT2D eigenvalue weighted by Gasteiger charge is -2.44. The lowest BCUT2D eigenvalue weighted by Crippen LogP contribution is -2.59. The first-order valence-electron chi connectivity index (χ1n) is 7.23. The van der Waals surface area contributed by atoms with E-state index < -0.39 is 5.54 Å². The molecule has 1 atom stereocenters. The van der Waals surface area contributed by atoms with Gasteiger partial charge in [-0.1, -0.05) is 6.92 Å². The van der Waals surface area contributed by atoms with E-state index in [1.165, 1.54) is 0 Å². The standard InChI is InChI=1S/C14H24N2O3/c1-4-14(3)13(18)16(7-6-12(17)15-14)10-8-11(9-10)19-5-2/h10-11H,4-9H2,1-3H3,(H,15,17). The van der Waals surface area contributed by atoms with E-state index in [1.54, 1.807) is 0 Å². The van der Waals surface area contributed by atoms with Crippen LogP contribution in [0.25, 0.3) is 0 Å². The third-order valence-corrected chi connectivity index (χ3v) is 4.35. The van der Waals surface area contributed by atoms with E-state index in [0.29, 0.717) is 19.4 Å². The maximum Gasteiger partial charge on any atom is 0.248 e. The van der Waals surface area contributed by atoms with E-state index in [1.807, 2.05) is 25.7 Å². The fraction of sp³-hybridized carbons (Fsp3) is 0.857. The summed E-state index contributed by atoms with van der Waals surface area (Å²) < 4.78 is 5.54. The van der Waals surface area contributed by atoms with Crippen molar-refractivity contribution in [3.05, 3.63) is 0 Å². The molecule has 5 nitrogen and oxygen atoms in total. The highest BCUT2D eigenvalue weighted by atomic mass is 16.5. The minimum Gasteiger partial charge on any atom is -0.378 e. The topological polar surface area (TPSA) is 58.6 Å². The molecule has 0 spiro atoms. The maximum atomic E-state index is 12.6. The van der Waals surface area contributed by atoms with Gasteiger partial charge in [-0.15, -0.1) is 0 Å². The maximum absolute atomic E-state index is 12.6. The van der Waals surface area contributed by atoms with Crippen molar-refractivity contribution in [3.63, 3.8) is 0 Å². The predicted octanol–water partition coefficient (Wildman–Crippen LogP) is 1.07. The molecular formula is C14H24N2O3. The first-order chi connectivity index (χ1) is 9.00. The normalized spacial score (nSPS) is 35.6. The second-order valence-electron chi connectivity index (χ2n) is 5.68. The van der Waals surface area contributed by atoms with Crippen LogP contribution in [0.2, 0.25) is 0 Å². The molecule has 2 fully saturated rings. The molecule has 1 aliphatic carbocycles. The molecular weight excluding hydrogens is 244 g/mol. The molecule has 0 aromatic heterocycles. The second-order valence-corrected chi connectivity index (χ2v) is 5.68. The van der Waals surface area contributed by atoms with Crippen molar-refractivity contribution in [2.75, 3.05) is 13.2 Å². The van der Waals surface area contributed by atoms with Gasteiger partial charge in [-0.3, -0.25) is 9.59 Å². The molecule has 0 aromatic rings. The first-order valence-corrected chi connectivity index (χ1v) is 7.23. The number of amides is 2. The molecule has 1 aliphatic heterocycles. The Labute approximate surface area is 114 Å². The summed E-state index contributed by atoms with van der Waals surface area (Å²) >= 11 is 0. The average molecular weight is 268 g/mol. The van der Waals surface area contributed by atoms with Gasteiger partial charge >= 0.3 is 0 Å². The van der Waals surface area contributed by atoms with E-state index >= 15 is 0 Å². The highest BCUT2D eigenvalue weighted by Crippen LogP contribution is 2.31. The summed E-state index contributed by atoms with van der Waals surface area (Å²) in [5.41, 5.74) is -0.746. The second kappa shape index (κ2) is 5.49. The lowest BCUT2D eigenvalue weighted by atomic mass is 9.86. The zero-order valence-electron chi connectivity index (χ0n) is 12.1. The van der Waals surface area contributed by atoms with E-state index in [9.17, 15) is 9.59 Å². The number of rotatable bonds is 4. The third-order valence-electron chi connectivity index (χ3n) is 4.35. The summed E-state index contributed by atoms with van der Waals surface area (Å²) in [6.07, 6.45) is 3.09. The van der Waals surface area contributed by atoms with Gasteiger partial charge in [-0.05, 0) is 33.1 Å². The van der Waals surface area contributed by atoms with Crippen LogP contribution in [0.15, 0.2) is 0 Å². The van der Waals surface area contributed by atoms with E-state index in [4.69, 9.17) is 4.74 Å². The molecule has 2 rings (SSSR count). The van der Waals surface area contributed by atoms with Crippen LogP contribution >= 0.6 is 0 Å². The van der Waals surface area contributed by atoms with Crippen molar-refractivity contribution in [2.45, 2.75) is 64.1 Å². The fourth-order valence-electron chi connectivity index (χ4n) is 2.82. The fourth-order valence-corrected chi connectivity index (χ4v) is 2.82. The minimum atomic E-state index is -0.746. The highest BCUT2D eigenvalue weighted by molar-refractivity contribution is 5.93. The van der Waals surface area contributed by atoms with E-state index in [0.717, 1.165) is 19.4 Å². The van der Waals surface area contributed by atoms with Crippen molar-refractivity contribution < 1.29 is 14.3 Å². The van der Waals surface area contributed by atoms with Gasteiger partial charge in [0.1, 0.15) is 5.54 Å². The third kappa shape index (κ3) is 2.76. The smallest absolute Gasteiger partial charge is 0.248 e. The highest BCUT2D eigenvalue weighted by Gasteiger charge is 2.44.